The molecule has 1 unspecified atom stereocenters. The highest BCUT2D eigenvalue weighted by molar-refractivity contribution is 5.79. The first-order valence-corrected chi connectivity index (χ1v) is 7.07. The van der Waals surface area contributed by atoms with Crippen LogP contribution >= 0.6 is 0 Å². The van der Waals surface area contributed by atoms with Gasteiger partial charge in [-0.05, 0) is 31.7 Å². The van der Waals surface area contributed by atoms with E-state index in [0.29, 0.717) is 0 Å². The van der Waals surface area contributed by atoms with Crippen LogP contribution in [-0.2, 0) is 4.79 Å². The molecule has 23 heavy (non-hydrogen) atoms. The van der Waals surface area contributed by atoms with E-state index in [1.807, 2.05) is 0 Å². The number of hydrogen-bond donors (Lipinski definition) is 1. The molecule has 122 valence electrons. The molecule has 1 amide bonds. The predicted octanol–water partition coefficient (Wildman–Crippen LogP) is 1.79. The van der Waals surface area contributed by atoms with E-state index in [2.05, 4.69) is 11.4 Å². The van der Waals surface area contributed by atoms with Gasteiger partial charge >= 0.3 is 0 Å². The summed E-state index contributed by atoms with van der Waals surface area (Å²) in [7, 11) is 1.40. The number of ether oxygens (including phenoxy) is 2. The van der Waals surface area contributed by atoms with Gasteiger partial charge in [0.2, 0.25) is 0 Å². The van der Waals surface area contributed by atoms with Crippen molar-refractivity contribution in [1.29, 1.82) is 5.26 Å². The number of nitrogens with one attached hydrogen (secondary N) is 1. The van der Waals surface area contributed by atoms with Crippen LogP contribution in [-0.4, -0.2) is 30.1 Å². The van der Waals surface area contributed by atoms with E-state index in [1.54, 1.807) is 6.92 Å². The molecule has 1 fully saturated rings. The number of methoxy groups -OCH3 is 1. The summed E-state index contributed by atoms with van der Waals surface area (Å²) in [6.45, 7) is 1.32. The van der Waals surface area contributed by atoms with E-state index in [-0.39, 0.29) is 29.7 Å². The van der Waals surface area contributed by atoms with Gasteiger partial charge in [-0.25, -0.2) is 0 Å². The Morgan fingerprint density at radius 3 is 2.74 bits per heavy atom. The van der Waals surface area contributed by atoms with Crippen LogP contribution in [0.15, 0.2) is 18.2 Å². The summed E-state index contributed by atoms with van der Waals surface area (Å²) in [6.07, 6.45) is 1.81. The largest absolute Gasteiger partial charge is 0.493 e. The van der Waals surface area contributed by atoms with E-state index in [4.69, 9.17) is 9.47 Å². The van der Waals surface area contributed by atoms with Gasteiger partial charge in [-0.3, -0.25) is 14.9 Å². The van der Waals surface area contributed by atoms with E-state index < -0.39 is 16.4 Å². The maximum absolute atomic E-state index is 12.0. The molecule has 0 saturated heterocycles. The van der Waals surface area contributed by atoms with Crippen LogP contribution < -0.4 is 14.8 Å². The zero-order valence-electron chi connectivity index (χ0n) is 12.9. The minimum Gasteiger partial charge on any atom is -0.493 e. The quantitative estimate of drug-likeness (QED) is 0.605. The number of nitriles is 1. The predicted molar refractivity (Wildman–Crippen MR) is 80.0 cm³/mol. The maximum Gasteiger partial charge on any atom is 0.273 e. The molecule has 1 saturated carbocycles. The van der Waals surface area contributed by atoms with E-state index in [1.165, 1.54) is 25.3 Å². The van der Waals surface area contributed by atoms with Crippen molar-refractivity contribution < 1.29 is 19.2 Å². The second kappa shape index (κ2) is 6.52. The van der Waals surface area contributed by atoms with Crippen LogP contribution in [0.3, 0.4) is 0 Å². The lowest BCUT2D eigenvalue weighted by Crippen LogP contribution is -2.48. The Kier molecular flexibility index (Phi) is 4.69. The molecule has 2 rings (SSSR count). The topological polar surface area (TPSA) is 114 Å². The molecular formula is C15H17N3O5. The summed E-state index contributed by atoms with van der Waals surface area (Å²) < 4.78 is 10.4. The minimum atomic E-state index is -0.910. The molecule has 0 aromatic heterocycles. The van der Waals surface area contributed by atoms with Gasteiger partial charge in [-0.2, -0.15) is 5.26 Å². The molecule has 8 nitrogen and oxygen atoms in total. The lowest BCUT2D eigenvalue weighted by atomic mass is 9.98. The SMILES string of the molecule is COc1ccc([N+](=O)[O-])cc1OCC(=O)NC(C)(C#N)C1CC1. The second-order valence-electron chi connectivity index (χ2n) is 5.52. The van der Waals surface area contributed by atoms with Gasteiger partial charge < -0.3 is 14.8 Å². The number of non-ortho nitro benzene ring substituents is 1. The normalized spacial score (nSPS) is 15.9. The highest BCUT2D eigenvalue weighted by Crippen LogP contribution is 2.39. The van der Waals surface area contributed by atoms with Crippen molar-refractivity contribution in [2.75, 3.05) is 13.7 Å². The zero-order valence-corrected chi connectivity index (χ0v) is 12.9. The number of rotatable bonds is 7. The standard InChI is InChI=1S/C15H17N3O5/c1-15(9-16,10-3-4-10)17-14(19)8-23-13-7-11(18(20)21)5-6-12(13)22-2/h5-7,10H,3-4,8H2,1-2H3,(H,17,19). The first kappa shape index (κ1) is 16.5. The molecule has 0 heterocycles. The van der Waals surface area contributed by atoms with Crippen molar-refractivity contribution >= 4 is 11.6 Å². The first-order valence-electron chi connectivity index (χ1n) is 7.07. The number of carbonyl (C=O) groups excluding carboxylic acids is 1. The molecular weight excluding hydrogens is 302 g/mol. The summed E-state index contributed by atoms with van der Waals surface area (Å²) in [5.74, 6) is 0.0777. The smallest absolute Gasteiger partial charge is 0.273 e. The van der Waals surface area contributed by atoms with Crippen LogP contribution in [0.1, 0.15) is 19.8 Å². The fourth-order valence-electron chi connectivity index (χ4n) is 2.24. The van der Waals surface area contributed by atoms with Crippen LogP contribution in [0.5, 0.6) is 11.5 Å². The zero-order chi connectivity index (χ0) is 17.0. The van der Waals surface area contributed by atoms with E-state index >= 15 is 0 Å². The Bertz CT molecular complexity index is 666. The third-order valence-electron chi connectivity index (χ3n) is 3.74. The molecule has 0 aliphatic heterocycles. The first-order chi connectivity index (χ1) is 10.9. The van der Waals surface area contributed by atoms with E-state index in [9.17, 15) is 20.2 Å². The third kappa shape index (κ3) is 3.88. The van der Waals surface area contributed by atoms with Crippen molar-refractivity contribution in [3.8, 4) is 17.6 Å². The molecule has 0 spiro atoms. The molecule has 8 heteroatoms. The lowest BCUT2D eigenvalue weighted by molar-refractivity contribution is -0.385. The van der Waals surface area contributed by atoms with Gasteiger partial charge in [0.05, 0.1) is 24.2 Å². The van der Waals surface area contributed by atoms with Crippen molar-refractivity contribution in [1.82, 2.24) is 5.32 Å². The van der Waals surface area contributed by atoms with Gasteiger partial charge in [0.15, 0.2) is 18.1 Å². The summed E-state index contributed by atoms with van der Waals surface area (Å²) in [6, 6.07) is 5.99. The van der Waals surface area contributed by atoms with Gasteiger partial charge in [-0.1, -0.05) is 0 Å². The molecule has 0 bridgehead atoms. The molecule has 1 aliphatic rings. The fourth-order valence-corrected chi connectivity index (χ4v) is 2.24. The Hall–Kier alpha value is -2.82. The molecule has 0 radical (unpaired) electrons. The number of carbonyl (C=O) groups is 1. The highest BCUT2D eigenvalue weighted by Gasteiger charge is 2.43. The number of amides is 1. The average Bonchev–Trinajstić information content (AvgIpc) is 3.37. The van der Waals surface area contributed by atoms with Crippen LogP contribution in [0.4, 0.5) is 5.69 Å². The highest BCUT2D eigenvalue weighted by atomic mass is 16.6. The summed E-state index contributed by atoms with van der Waals surface area (Å²) in [5, 5.41) is 22.7. The van der Waals surface area contributed by atoms with Gasteiger partial charge in [-0.15, -0.1) is 0 Å². The fraction of sp³-hybridized carbons (Fsp3) is 0.467. The molecule has 1 aliphatic carbocycles. The Labute approximate surface area is 133 Å². The van der Waals surface area contributed by atoms with Crippen LogP contribution in [0.2, 0.25) is 0 Å². The average molecular weight is 319 g/mol. The van der Waals surface area contributed by atoms with Crippen molar-refractivity contribution in [3.63, 3.8) is 0 Å². The molecule has 1 atom stereocenters. The number of nitro benzene ring substituents is 1. The summed E-state index contributed by atoms with van der Waals surface area (Å²) >= 11 is 0. The van der Waals surface area contributed by atoms with Crippen molar-refractivity contribution in [3.05, 3.63) is 28.3 Å². The molecule has 1 aromatic carbocycles. The summed E-state index contributed by atoms with van der Waals surface area (Å²) in [5.41, 5.74) is -1.08. The Morgan fingerprint density at radius 2 is 2.22 bits per heavy atom. The van der Waals surface area contributed by atoms with Gasteiger partial charge in [0.25, 0.3) is 11.6 Å². The molecule has 1 N–H and O–H groups in total. The van der Waals surface area contributed by atoms with Crippen molar-refractivity contribution in [2.24, 2.45) is 5.92 Å². The van der Waals surface area contributed by atoms with Gasteiger partial charge in [0, 0.05) is 6.07 Å². The third-order valence-corrected chi connectivity index (χ3v) is 3.74. The lowest BCUT2D eigenvalue weighted by Gasteiger charge is -2.22. The summed E-state index contributed by atoms with van der Waals surface area (Å²) in [4.78, 5) is 22.2. The number of nitrogens with zero attached hydrogens (tertiary/aromatic N) is 2. The van der Waals surface area contributed by atoms with E-state index in [0.717, 1.165) is 12.8 Å². The Balaban J connectivity index is 2.02. The van der Waals surface area contributed by atoms with Gasteiger partial charge in [0.1, 0.15) is 5.54 Å². The maximum atomic E-state index is 12.0. The van der Waals surface area contributed by atoms with Crippen LogP contribution in [0, 0.1) is 27.4 Å². The second-order valence-corrected chi connectivity index (χ2v) is 5.52. The number of nitro groups is 1. The number of benzene rings is 1. The molecule has 1 aromatic rings. The monoisotopic (exact) mass is 319 g/mol. The van der Waals surface area contributed by atoms with Crippen LogP contribution in [0.25, 0.3) is 0 Å². The minimum absolute atomic E-state index is 0.0990. The number of hydrogen-bond acceptors (Lipinski definition) is 6. The Morgan fingerprint density at radius 1 is 1.52 bits per heavy atom. The van der Waals surface area contributed by atoms with Crippen molar-refractivity contribution in [2.45, 2.75) is 25.3 Å².